The Kier molecular flexibility index (Phi) is 4.07. The van der Waals surface area contributed by atoms with E-state index in [1.54, 1.807) is 13.0 Å². The highest BCUT2D eigenvalue weighted by atomic mass is 35.5. The van der Waals surface area contributed by atoms with Crippen molar-refractivity contribution < 1.29 is 14.5 Å². The van der Waals surface area contributed by atoms with Crippen LogP contribution in [0.5, 0.6) is 0 Å². The normalized spacial score (nSPS) is 12.0. The lowest BCUT2D eigenvalue weighted by atomic mass is 10.0. The quantitative estimate of drug-likeness (QED) is 0.471. The molecule has 0 heterocycles. The third-order valence-corrected chi connectivity index (χ3v) is 2.64. The largest absolute Gasteiger partial charge is 0.446 e. The molecule has 0 amide bonds. The molecule has 1 atom stereocenters. The molecule has 0 bridgehead atoms. The molecule has 1 aromatic carbocycles. The van der Waals surface area contributed by atoms with Crippen LogP contribution in [0.3, 0.4) is 0 Å². The predicted octanol–water partition coefficient (Wildman–Crippen LogP) is 3.65. The molecule has 6 heteroatoms. The third kappa shape index (κ3) is 3.17. The lowest BCUT2D eigenvalue weighted by Gasteiger charge is -2.13. The minimum absolute atomic E-state index is 0.0708. The van der Waals surface area contributed by atoms with Gasteiger partial charge in [-0.1, -0.05) is 0 Å². The summed E-state index contributed by atoms with van der Waals surface area (Å²) in [7, 11) is 0. The van der Waals surface area contributed by atoms with Crippen LogP contribution in [0.25, 0.3) is 0 Å². The second-order valence-electron chi connectivity index (χ2n) is 3.75. The Bertz CT molecular complexity index is 473. The molecule has 1 rings (SSSR count). The van der Waals surface area contributed by atoms with E-state index in [0.29, 0.717) is 5.56 Å². The Balaban J connectivity index is 3.25. The first-order chi connectivity index (χ1) is 7.82. The molecule has 1 unspecified atom stereocenters. The van der Waals surface area contributed by atoms with Crippen molar-refractivity contribution in [3.05, 3.63) is 38.9 Å². The minimum atomic E-state index is -0.981. The van der Waals surface area contributed by atoms with E-state index in [2.05, 4.69) is 0 Å². The highest BCUT2D eigenvalue weighted by Crippen LogP contribution is 2.30. The van der Waals surface area contributed by atoms with Crippen molar-refractivity contribution in [3.8, 4) is 0 Å². The number of hydrogen-bond acceptors (Lipinski definition) is 4. The lowest BCUT2D eigenvalue weighted by molar-refractivity contribution is -0.386. The van der Waals surface area contributed by atoms with Crippen molar-refractivity contribution in [2.24, 2.45) is 0 Å². The Morgan fingerprint density at radius 3 is 2.41 bits per heavy atom. The van der Waals surface area contributed by atoms with Crippen LogP contribution in [-0.4, -0.2) is 10.4 Å². The van der Waals surface area contributed by atoms with E-state index in [1.807, 2.05) is 6.92 Å². The Morgan fingerprint density at radius 2 is 1.94 bits per heavy atom. The molecule has 17 heavy (non-hydrogen) atoms. The summed E-state index contributed by atoms with van der Waals surface area (Å²) in [6.45, 7) is 5.15. The molecule has 0 radical (unpaired) electrons. The van der Waals surface area contributed by atoms with Crippen molar-refractivity contribution in [3.63, 3.8) is 0 Å². The number of aryl methyl sites for hydroxylation is 2. The maximum Gasteiger partial charge on any atom is 0.404 e. The second kappa shape index (κ2) is 5.14. The molecule has 5 nitrogen and oxygen atoms in total. The lowest BCUT2D eigenvalue weighted by Crippen LogP contribution is -2.06. The summed E-state index contributed by atoms with van der Waals surface area (Å²) < 4.78 is 4.74. The molecule has 0 saturated heterocycles. The van der Waals surface area contributed by atoms with Crippen LogP contribution in [0.4, 0.5) is 10.5 Å². The third-order valence-electron chi connectivity index (χ3n) is 2.55. The van der Waals surface area contributed by atoms with E-state index >= 15 is 0 Å². The van der Waals surface area contributed by atoms with Gasteiger partial charge in [0.05, 0.1) is 10.5 Å². The van der Waals surface area contributed by atoms with Gasteiger partial charge < -0.3 is 4.74 Å². The monoisotopic (exact) mass is 257 g/mol. The second-order valence-corrected chi connectivity index (χ2v) is 4.06. The van der Waals surface area contributed by atoms with E-state index in [4.69, 9.17) is 16.3 Å². The predicted molar refractivity (Wildman–Crippen MR) is 63.3 cm³/mol. The van der Waals surface area contributed by atoms with Gasteiger partial charge in [0.15, 0.2) is 0 Å². The molecule has 92 valence electrons. The number of nitrogens with zero attached hydrogens (tertiary/aromatic N) is 1. The highest BCUT2D eigenvalue weighted by Gasteiger charge is 2.22. The van der Waals surface area contributed by atoms with Gasteiger partial charge in [-0.2, -0.15) is 0 Å². The molecule has 0 spiro atoms. The van der Waals surface area contributed by atoms with Crippen molar-refractivity contribution in [2.75, 3.05) is 0 Å². The van der Waals surface area contributed by atoms with Gasteiger partial charge in [-0.05, 0) is 38.0 Å². The number of hydrogen-bond donors (Lipinski definition) is 0. The standard InChI is InChI=1S/C11H12ClNO4/c1-6-4-9(8(3)17-11(12)14)10(13(15)16)5-7(6)2/h4-5,8H,1-3H3. The van der Waals surface area contributed by atoms with Crippen molar-refractivity contribution in [1.82, 2.24) is 0 Å². The van der Waals surface area contributed by atoms with Crippen LogP contribution < -0.4 is 0 Å². The van der Waals surface area contributed by atoms with E-state index in [1.165, 1.54) is 13.0 Å². The molecule has 0 fully saturated rings. The Hall–Kier alpha value is -1.62. The molecule has 0 saturated carbocycles. The number of benzene rings is 1. The van der Waals surface area contributed by atoms with Gasteiger partial charge in [0.2, 0.25) is 0 Å². The average molecular weight is 258 g/mol. The zero-order valence-corrected chi connectivity index (χ0v) is 10.4. The molecule has 0 aliphatic heterocycles. The molecule has 0 aliphatic rings. The van der Waals surface area contributed by atoms with E-state index in [9.17, 15) is 14.9 Å². The van der Waals surface area contributed by atoms with Crippen LogP contribution in [0, 0.1) is 24.0 Å². The van der Waals surface area contributed by atoms with Crippen molar-refractivity contribution >= 4 is 22.7 Å². The molecule has 0 aromatic heterocycles. The summed E-state index contributed by atoms with van der Waals surface area (Å²) in [5.74, 6) is 0. The first-order valence-electron chi connectivity index (χ1n) is 4.94. The number of nitro groups is 1. The molecule has 0 aliphatic carbocycles. The van der Waals surface area contributed by atoms with Crippen LogP contribution in [-0.2, 0) is 4.74 Å². The van der Waals surface area contributed by atoms with Gasteiger partial charge in [0.25, 0.3) is 5.69 Å². The van der Waals surface area contributed by atoms with Crippen LogP contribution >= 0.6 is 11.6 Å². The first-order valence-corrected chi connectivity index (χ1v) is 5.32. The van der Waals surface area contributed by atoms with Gasteiger partial charge in [0, 0.05) is 17.7 Å². The van der Waals surface area contributed by atoms with Gasteiger partial charge in [0.1, 0.15) is 6.10 Å². The Morgan fingerprint density at radius 1 is 1.41 bits per heavy atom. The van der Waals surface area contributed by atoms with E-state index in [0.717, 1.165) is 11.1 Å². The molecular formula is C11H12ClNO4. The van der Waals surface area contributed by atoms with E-state index in [-0.39, 0.29) is 5.69 Å². The number of rotatable bonds is 3. The van der Waals surface area contributed by atoms with Gasteiger partial charge >= 0.3 is 5.43 Å². The summed E-state index contributed by atoms with van der Waals surface area (Å²) in [5.41, 5.74) is 0.989. The maximum absolute atomic E-state index is 10.9. The van der Waals surface area contributed by atoms with Crippen molar-refractivity contribution in [1.29, 1.82) is 0 Å². The number of carbonyl (C=O) groups is 1. The van der Waals surface area contributed by atoms with Gasteiger partial charge in [-0.15, -0.1) is 0 Å². The fourth-order valence-electron chi connectivity index (χ4n) is 1.51. The van der Waals surface area contributed by atoms with Crippen molar-refractivity contribution in [2.45, 2.75) is 26.9 Å². The molecule has 1 aromatic rings. The summed E-state index contributed by atoms with van der Waals surface area (Å²) in [6, 6.07) is 3.10. The fourth-order valence-corrected chi connectivity index (χ4v) is 1.64. The summed E-state index contributed by atoms with van der Waals surface area (Å²) in [5, 5.41) is 10.9. The SMILES string of the molecule is Cc1cc(C(C)OC(=O)Cl)c([N+](=O)[O-])cc1C. The van der Waals surface area contributed by atoms with Crippen LogP contribution in [0.15, 0.2) is 12.1 Å². The summed E-state index contributed by atoms with van der Waals surface area (Å²) in [4.78, 5) is 21.0. The topological polar surface area (TPSA) is 69.4 Å². The van der Waals surface area contributed by atoms with Gasteiger partial charge in [-0.25, -0.2) is 4.79 Å². The summed E-state index contributed by atoms with van der Waals surface area (Å²) in [6.07, 6.45) is -0.750. The number of carbonyl (C=O) groups excluding carboxylic acids is 1. The maximum atomic E-state index is 10.9. The fraction of sp³-hybridized carbons (Fsp3) is 0.364. The van der Waals surface area contributed by atoms with Crippen LogP contribution in [0.1, 0.15) is 29.7 Å². The highest BCUT2D eigenvalue weighted by molar-refractivity contribution is 6.61. The number of halogens is 1. The average Bonchev–Trinajstić information content (AvgIpc) is 2.19. The zero-order valence-electron chi connectivity index (χ0n) is 9.69. The van der Waals surface area contributed by atoms with Gasteiger partial charge in [-0.3, -0.25) is 10.1 Å². The smallest absolute Gasteiger partial charge is 0.404 e. The zero-order chi connectivity index (χ0) is 13.2. The minimum Gasteiger partial charge on any atom is -0.446 e. The number of ether oxygens (including phenoxy) is 1. The van der Waals surface area contributed by atoms with Crippen LogP contribution in [0.2, 0.25) is 0 Å². The molecule has 0 N–H and O–H groups in total. The Labute approximate surface area is 103 Å². The summed E-state index contributed by atoms with van der Waals surface area (Å²) >= 11 is 5.09. The molecular weight excluding hydrogens is 246 g/mol. The van der Waals surface area contributed by atoms with E-state index < -0.39 is 16.5 Å². The number of nitro benzene ring substituents is 1. The first kappa shape index (κ1) is 13.4.